The number of ether oxygens (including phenoxy) is 1. The molecule has 0 radical (unpaired) electrons. The van der Waals surface area contributed by atoms with Crippen molar-refractivity contribution in [3.8, 4) is 5.75 Å². The van der Waals surface area contributed by atoms with E-state index < -0.39 is 0 Å². The first-order valence-corrected chi connectivity index (χ1v) is 11.2. The molecular weight excluding hydrogens is 372 g/mol. The molecule has 0 saturated carbocycles. The number of nitrogens with zero attached hydrogens (tertiary/aromatic N) is 1. The normalized spacial score (nSPS) is 17.7. The van der Waals surface area contributed by atoms with Crippen LogP contribution in [0.3, 0.4) is 0 Å². The highest BCUT2D eigenvalue weighted by Crippen LogP contribution is 2.28. The second-order valence-corrected chi connectivity index (χ2v) is 9.06. The molecule has 4 nitrogen and oxygen atoms in total. The van der Waals surface area contributed by atoms with Gasteiger partial charge in [-0.1, -0.05) is 45.0 Å². The molecule has 2 aromatic carbocycles. The third-order valence-corrected chi connectivity index (χ3v) is 5.94. The maximum Gasteiger partial charge on any atom is 0.258 e. The maximum absolute atomic E-state index is 12.5. The molecule has 0 aromatic heterocycles. The minimum Gasteiger partial charge on any atom is -0.483 e. The van der Waals surface area contributed by atoms with Crippen LogP contribution in [0.4, 0.5) is 5.69 Å². The molecule has 1 N–H and O–H groups in total. The Bertz CT molecular complexity index is 845. The van der Waals surface area contributed by atoms with Crippen molar-refractivity contribution in [3.05, 3.63) is 59.2 Å². The fourth-order valence-electron chi connectivity index (χ4n) is 4.15. The number of hydrogen-bond donors (Lipinski definition) is 1. The van der Waals surface area contributed by atoms with E-state index in [1.165, 1.54) is 18.5 Å². The van der Waals surface area contributed by atoms with Crippen molar-refractivity contribution in [1.82, 2.24) is 5.32 Å². The van der Waals surface area contributed by atoms with E-state index in [4.69, 9.17) is 4.74 Å². The van der Waals surface area contributed by atoms with Crippen LogP contribution in [-0.2, 0) is 4.79 Å². The summed E-state index contributed by atoms with van der Waals surface area (Å²) >= 11 is 0. The molecule has 162 valence electrons. The van der Waals surface area contributed by atoms with Crippen molar-refractivity contribution in [2.75, 3.05) is 24.6 Å². The molecule has 1 aliphatic rings. The van der Waals surface area contributed by atoms with Crippen LogP contribution in [0.2, 0.25) is 0 Å². The molecule has 30 heavy (non-hydrogen) atoms. The van der Waals surface area contributed by atoms with Crippen LogP contribution in [0.15, 0.2) is 42.5 Å². The minimum atomic E-state index is -0.104. The van der Waals surface area contributed by atoms with E-state index in [9.17, 15) is 4.79 Å². The lowest BCUT2D eigenvalue weighted by atomic mass is 9.99. The lowest BCUT2D eigenvalue weighted by Gasteiger charge is -2.33. The van der Waals surface area contributed by atoms with Crippen molar-refractivity contribution in [3.63, 3.8) is 0 Å². The van der Waals surface area contributed by atoms with Crippen LogP contribution in [0.25, 0.3) is 0 Å². The van der Waals surface area contributed by atoms with E-state index in [0.717, 1.165) is 41.4 Å². The molecule has 1 saturated heterocycles. The highest BCUT2D eigenvalue weighted by atomic mass is 16.5. The van der Waals surface area contributed by atoms with Gasteiger partial charge < -0.3 is 15.0 Å². The van der Waals surface area contributed by atoms with E-state index in [1.54, 1.807) is 0 Å². The number of benzene rings is 2. The van der Waals surface area contributed by atoms with E-state index in [-0.39, 0.29) is 18.6 Å². The average molecular weight is 409 g/mol. The first-order chi connectivity index (χ1) is 14.3. The van der Waals surface area contributed by atoms with Gasteiger partial charge in [0, 0.05) is 18.8 Å². The van der Waals surface area contributed by atoms with Crippen LogP contribution in [0.1, 0.15) is 69.2 Å². The number of aryl methyl sites for hydroxylation is 1. The van der Waals surface area contributed by atoms with Crippen LogP contribution in [0.5, 0.6) is 5.75 Å². The molecule has 4 heteroatoms. The van der Waals surface area contributed by atoms with Gasteiger partial charge in [-0.3, -0.25) is 4.79 Å². The summed E-state index contributed by atoms with van der Waals surface area (Å²) in [6.07, 6.45) is 2.58. The van der Waals surface area contributed by atoms with Gasteiger partial charge in [0.2, 0.25) is 0 Å². The third kappa shape index (κ3) is 5.78. The Morgan fingerprint density at radius 3 is 2.57 bits per heavy atom. The Balaban J connectivity index is 1.55. The highest BCUT2D eigenvalue weighted by molar-refractivity contribution is 5.78. The Hall–Kier alpha value is -2.49. The first kappa shape index (κ1) is 22.2. The fraction of sp³-hybridized carbons (Fsp3) is 0.500. The maximum atomic E-state index is 12.5. The van der Waals surface area contributed by atoms with Gasteiger partial charge in [0.1, 0.15) is 5.75 Å². The second-order valence-electron chi connectivity index (χ2n) is 9.06. The largest absolute Gasteiger partial charge is 0.483 e. The molecule has 0 unspecified atom stereocenters. The summed E-state index contributed by atoms with van der Waals surface area (Å²) in [5, 5.41) is 3.06. The number of amides is 1. The van der Waals surface area contributed by atoms with Gasteiger partial charge in [0.25, 0.3) is 5.91 Å². The zero-order chi connectivity index (χ0) is 21.7. The third-order valence-electron chi connectivity index (χ3n) is 5.94. The first-order valence-electron chi connectivity index (χ1n) is 11.2. The molecule has 2 atom stereocenters. The summed E-state index contributed by atoms with van der Waals surface area (Å²) in [6, 6.07) is 14.7. The summed E-state index contributed by atoms with van der Waals surface area (Å²) in [5.41, 5.74) is 4.64. The van der Waals surface area contributed by atoms with Gasteiger partial charge in [0.05, 0.1) is 6.04 Å². The molecule has 0 aliphatic carbocycles. The molecular formula is C26H36N2O2. The fourth-order valence-corrected chi connectivity index (χ4v) is 4.15. The quantitative estimate of drug-likeness (QED) is 0.647. The lowest BCUT2D eigenvalue weighted by molar-refractivity contribution is -0.123. The zero-order valence-electron chi connectivity index (χ0n) is 19.1. The van der Waals surface area contributed by atoms with Crippen molar-refractivity contribution in [2.24, 2.45) is 5.92 Å². The smallest absolute Gasteiger partial charge is 0.258 e. The Morgan fingerprint density at radius 2 is 1.90 bits per heavy atom. The van der Waals surface area contributed by atoms with E-state index in [2.05, 4.69) is 67.4 Å². The average Bonchev–Trinajstić information content (AvgIpc) is 2.72. The Kier molecular flexibility index (Phi) is 7.41. The van der Waals surface area contributed by atoms with E-state index in [0.29, 0.717) is 5.92 Å². The number of rotatable bonds is 7. The summed E-state index contributed by atoms with van der Waals surface area (Å²) in [5.74, 6) is 1.80. The van der Waals surface area contributed by atoms with Gasteiger partial charge in [-0.15, -0.1) is 0 Å². The summed E-state index contributed by atoms with van der Waals surface area (Å²) in [4.78, 5) is 14.9. The topological polar surface area (TPSA) is 41.6 Å². The van der Waals surface area contributed by atoms with Crippen molar-refractivity contribution >= 4 is 11.6 Å². The molecule has 3 rings (SSSR count). The second kappa shape index (κ2) is 10.0. The van der Waals surface area contributed by atoms with Crippen molar-refractivity contribution in [1.29, 1.82) is 0 Å². The predicted octanol–water partition coefficient (Wildman–Crippen LogP) is 5.61. The molecule has 0 spiro atoms. The predicted molar refractivity (Wildman–Crippen MR) is 124 cm³/mol. The van der Waals surface area contributed by atoms with Crippen LogP contribution >= 0.6 is 0 Å². The summed E-state index contributed by atoms with van der Waals surface area (Å²) in [6.45, 7) is 12.9. The molecule has 1 amide bonds. The molecule has 1 heterocycles. The number of anilines is 1. The minimum absolute atomic E-state index is 0.0251. The zero-order valence-corrected chi connectivity index (χ0v) is 19.1. The molecule has 1 aliphatic heterocycles. The molecule has 1 fully saturated rings. The number of carbonyl (C=O) groups is 1. The lowest BCUT2D eigenvalue weighted by Crippen LogP contribution is -2.34. The summed E-state index contributed by atoms with van der Waals surface area (Å²) in [7, 11) is 0. The number of carbonyl (C=O) groups excluding carboxylic acids is 1. The van der Waals surface area contributed by atoms with Crippen molar-refractivity contribution < 1.29 is 9.53 Å². The van der Waals surface area contributed by atoms with E-state index in [1.807, 2.05) is 19.9 Å². The van der Waals surface area contributed by atoms with Gasteiger partial charge in [-0.05, 0) is 73.4 Å². The highest BCUT2D eigenvalue weighted by Gasteiger charge is 2.17. The van der Waals surface area contributed by atoms with Gasteiger partial charge in [-0.25, -0.2) is 0 Å². The van der Waals surface area contributed by atoms with Crippen LogP contribution in [0, 0.1) is 12.8 Å². The number of piperidine rings is 1. The monoisotopic (exact) mass is 408 g/mol. The van der Waals surface area contributed by atoms with Gasteiger partial charge >= 0.3 is 0 Å². The van der Waals surface area contributed by atoms with Crippen molar-refractivity contribution in [2.45, 2.75) is 59.4 Å². The van der Waals surface area contributed by atoms with Gasteiger partial charge in [-0.2, -0.15) is 0 Å². The standard InChI is InChI=1S/C26H36N2O2/c1-18(2)24-13-8-19(3)15-25(24)30-17-26(29)27-21(5)22-9-11-23(12-10-22)28-14-6-7-20(4)16-28/h8-13,15,18,20-21H,6-7,14,16-17H2,1-5H3,(H,27,29)/t20-,21-/m1/s1. The molecule has 2 aromatic rings. The Labute approximate surface area is 181 Å². The number of nitrogens with one attached hydrogen (secondary N) is 1. The number of hydrogen-bond acceptors (Lipinski definition) is 3. The van der Waals surface area contributed by atoms with Crippen LogP contribution in [-0.4, -0.2) is 25.6 Å². The molecule has 0 bridgehead atoms. The SMILES string of the molecule is Cc1ccc(C(C)C)c(OCC(=O)N[C@H](C)c2ccc(N3CCC[C@@H](C)C3)cc2)c1. The van der Waals surface area contributed by atoms with Gasteiger partial charge in [0.15, 0.2) is 6.61 Å². The van der Waals surface area contributed by atoms with Crippen LogP contribution < -0.4 is 15.0 Å². The summed E-state index contributed by atoms with van der Waals surface area (Å²) < 4.78 is 5.87. The van der Waals surface area contributed by atoms with E-state index >= 15 is 0 Å². The Morgan fingerprint density at radius 1 is 1.17 bits per heavy atom.